The quantitative estimate of drug-likeness (QED) is 0.833. The third-order valence-electron chi connectivity index (χ3n) is 3.68. The number of nitrogens with zero attached hydrogens (tertiary/aromatic N) is 1. The molecule has 0 aliphatic carbocycles. The second kappa shape index (κ2) is 6.87. The SMILES string of the molecule is CCc1ccc(NC(=S)N2CCCC(CO)C2)cc1. The van der Waals surface area contributed by atoms with E-state index in [2.05, 4.69) is 41.4 Å². The minimum atomic E-state index is 0.254. The summed E-state index contributed by atoms with van der Waals surface area (Å²) in [6.07, 6.45) is 3.25. The van der Waals surface area contributed by atoms with Gasteiger partial charge >= 0.3 is 0 Å². The third-order valence-corrected chi connectivity index (χ3v) is 4.04. The van der Waals surface area contributed by atoms with Crippen LogP contribution in [-0.4, -0.2) is 34.8 Å². The predicted octanol–water partition coefficient (Wildman–Crippen LogP) is 2.65. The van der Waals surface area contributed by atoms with Crippen molar-refractivity contribution >= 4 is 23.0 Å². The number of nitrogens with one attached hydrogen (secondary N) is 1. The van der Waals surface area contributed by atoms with Gasteiger partial charge in [-0.2, -0.15) is 0 Å². The largest absolute Gasteiger partial charge is 0.396 e. The first-order valence-electron chi connectivity index (χ1n) is 6.98. The standard InChI is InChI=1S/C15H22N2OS/c1-2-12-5-7-14(8-6-12)16-15(19)17-9-3-4-13(10-17)11-18/h5-8,13,18H,2-4,9-11H2,1H3,(H,16,19). The first-order chi connectivity index (χ1) is 9.22. The van der Waals surface area contributed by atoms with Gasteiger partial charge in [0.1, 0.15) is 0 Å². The number of thiocarbonyl (C=S) groups is 1. The summed E-state index contributed by atoms with van der Waals surface area (Å²) in [6.45, 7) is 4.24. The summed E-state index contributed by atoms with van der Waals surface area (Å²) in [5.74, 6) is 0.357. The van der Waals surface area contributed by atoms with Crippen LogP contribution in [0.5, 0.6) is 0 Å². The number of aryl methyl sites for hydroxylation is 1. The maximum absolute atomic E-state index is 9.25. The van der Waals surface area contributed by atoms with Gasteiger partial charge < -0.3 is 15.3 Å². The van der Waals surface area contributed by atoms with Crippen LogP contribution in [0.3, 0.4) is 0 Å². The summed E-state index contributed by atoms with van der Waals surface area (Å²) in [5.41, 5.74) is 2.36. The van der Waals surface area contributed by atoms with Crippen molar-refractivity contribution in [2.24, 2.45) is 5.92 Å². The molecule has 0 radical (unpaired) electrons. The first-order valence-corrected chi connectivity index (χ1v) is 7.39. The molecule has 1 aromatic carbocycles. The molecular weight excluding hydrogens is 256 g/mol. The number of benzene rings is 1. The van der Waals surface area contributed by atoms with Gasteiger partial charge in [-0.15, -0.1) is 0 Å². The first kappa shape index (κ1) is 14.3. The van der Waals surface area contributed by atoms with Gasteiger partial charge in [0.2, 0.25) is 0 Å². The number of hydrogen-bond donors (Lipinski definition) is 2. The molecule has 0 aromatic heterocycles. The van der Waals surface area contributed by atoms with Crippen LogP contribution in [0.2, 0.25) is 0 Å². The van der Waals surface area contributed by atoms with E-state index in [1.807, 2.05) is 0 Å². The molecule has 0 spiro atoms. The molecule has 1 saturated heterocycles. The average Bonchev–Trinajstić information content (AvgIpc) is 2.48. The summed E-state index contributed by atoms with van der Waals surface area (Å²) in [4.78, 5) is 2.16. The number of aliphatic hydroxyl groups is 1. The Morgan fingerprint density at radius 2 is 2.16 bits per heavy atom. The van der Waals surface area contributed by atoms with E-state index in [4.69, 9.17) is 12.2 Å². The van der Waals surface area contributed by atoms with Crippen molar-refractivity contribution in [1.29, 1.82) is 0 Å². The summed E-state index contributed by atoms with van der Waals surface area (Å²) >= 11 is 5.45. The van der Waals surface area contributed by atoms with Crippen LogP contribution in [0.25, 0.3) is 0 Å². The molecule has 1 heterocycles. The van der Waals surface area contributed by atoms with Crippen molar-refractivity contribution in [2.75, 3.05) is 25.0 Å². The maximum Gasteiger partial charge on any atom is 0.173 e. The lowest BCUT2D eigenvalue weighted by atomic mass is 9.99. The number of anilines is 1. The van der Waals surface area contributed by atoms with E-state index < -0.39 is 0 Å². The lowest BCUT2D eigenvalue weighted by Gasteiger charge is -2.33. The van der Waals surface area contributed by atoms with E-state index >= 15 is 0 Å². The fourth-order valence-electron chi connectivity index (χ4n) is 2.42. The van der Waals surface area contributed by atoms with Crippen LogP contribution in [0, 0.1) is 5.92 Å². The monoisotopic (exact) mass is 278 g/mol. The van der Waals surface area contributed by atoms with Gasteiger partial charge in [-0.25, -0.2) is 0 Å². The van der Waals surface area contributed by atoms with Crippen LogP contribution >= 0.6 is 12.2 Å². The zero-order valence-corrected chi connectivity index (χ0v) is 12.2. The average molecular weight is 278 g/mol. The van der Waals surface area contributed by atoms with Crippen molar-refractivity contribution < 1.29 is 5.11 Å². The highest BCUT2D eigenvalue weighted by Gasteiger charge is 2.20. The number of piperidine rings is 1. The van der Waals surface area contributed by atoms with Gasteiger partial charge in [0.25, 0.3) is 0 Å². The Balaban J connectivity index is 1.92. The molecule has 1 fully saturated rings. The minimum absolute atomic E-state index is 0.254. The van der Waals surface area contributed by atoms with Crippen LogP contribution in [0.4, 0.5) is 5.69 Å². The van der Waals surface area contributed by atoms with Crippen molar-refractivity contribution in [2.45, 2.75) is 26.2 Å². The highest BCUT2D eigenvalue weighted by molar-refractivity contribution is 7.80. The van der Waals surface area contributed by atoms with Crippen molar-refractivity contribution in [3.05, 3.63) is 29.8 Å². The fourth-order valence-corrected chi connectivity index (χ4v) is 2.71. The van der Waals surface area contributed by atoms with E-state index in [-0.39, 0.29) is 6.61 Å². The molecule has 1 atom stereocenters. The smallest absolute Gasteiger partial charge is 0.173 e. The zero-order valence-electron chi connectivity index (χ0n) is 11.4. The van der Waals surface area contributed by atoms with Gasteiger partial charge in [0.15, 0.2) is 5.11 Å². The summed E-state index contributed by atoms with van der Waals surface area (Å²) in [5, 5.41) is 13.3. The van der Waals surface area contributed by atoms with E-state index in [0.717, 1.165) is 43.2 Å². The summed E-state index contributed by atoms with van der Waals surface area (Å²) < 4.78 is 0. The van der Waals surface area contributed by atoms with Crippen molar-refractivity contribution in [1.82, 2.24) is 4.90 Å². The van der Waals surface area contributed by atoms with Crippen molar-refractivity contribution in [3.63, 3.8) is 0 Å². The van der Waals surface area contributed by atoms with E-state index in [1.54, 1.807) is 0 Å². The van der Waals surface area contributed by atoms with E-state index in [9.17, 15) is 5.11 Å². The highest BCUT2D eigenvalue weighted by atomic mass is 32.1. The fraction of sp³-hybridized carbons (Fsp3) is 0.533. The van der Waals surface area contributed by atoms with Crippen LogP contribution in [-0.2, 0) is 6.42 Å². The minimum Gasteiger partial charge on any atom is -0.396 e. The molecule has 1 unspecified atom stereocenters. The third kappa shape index (κ3) is 3.91. The Morgan fingerprint density at radius 3 is 2.79 bits per heavy atom. The topological polar surface area (TPSA) is 35.5 Å². The molecule has 104 valence electrons. The zero-order chi connectivity index (χ0) is 13.7. The Morgan fingerprint density at radius 1 is 1.42 bits per heavy atom. The molecule has 3 nitrogen and oxygen atoms in total. The second-order valence-corrected chi connectivity index (χ2v) is 5.50. The molecule has 1 aromatic rings. The lowest BCUT2D eigenvalue weighted by molar-refractivity contribution is 0.162. The van der Waals surface area contributed by atoms with Crippen LogP contribution in [0.1, 0.15) is 25.3 Å². The number of aliphatic hydroxyl groups excluding tert-OH is 1. The Bertz CT molecular complexity index is 419. The normalized spacial score (nSPS) is 19.3. The molecule has 1 aliphatic rings. The Kier molecular flexibility index (Phi) is 5.16. The Hall–Kier alpha value is -1.13. The molecule has 19 heavy (non-hydrogen) atoms. The summed E-state index contributed by atoms with van der Waals surface area (Å²) in [7, 11) is 0. The molecular formula is C15H22N2OS. The van der Waals surface area contributed by atoms with Crippen molar-refractivity contribution in [3.8, 4) is 0 Å². The second-order valence-electron chi connectivity index (χ2n) is 5.12. The van der Waals surface area contributed by atoms with Crippen LogP contribution in [0.15, 0.2) is 24.3 Å². The number of hydrogen-bond acceptors (Lipinski definition) is 2. The van der Waals surface area contributed by atoms with Crippen LogP contribution < -0.4 is 5.32 Å². The molecule has 1 aliphatic heterocycles. The Labute approximate surface area is 120 Å². The van der Waals surface area contributed by atoms with Gasteiger partial charge in [-0.3, -0.25) is 0 Å². The molecule has 0 amide bonds. The summed E-state index contributed by atoms with van der Waals surface area (Å²) in [6, 6.07) is 8.38. The van der Waals surface area contributed by atoms with E-state index in [0.29, 0.717) is 5.92 Å². The molecule has 0 bridgehead atoms. The van der Waals surface area contributed by atoms with Gasteiger partial charge in [0, 0.05) is 25.4 Å². The number of likely N-dealkylation sites (tertiary alicyclic amines) is 1. The molecule has 4 heteroatoms. The highest BCUT2D eigenvalue weighted by Crippen LogP contribution is 2.17. The van der Waals surface area contributed by atoms with Gasteiger partial charge in [-0.1, -0.05) is 19.1 Å². The predicted molar refractivity (Wildman–Crippen MR) is 83.4 cm³/mol. The molecule has 2 rings (SSSR count). The molecule has 0 saturated carbocycles. The maximum atomic E-state index is 9.25. The number of rotatable bonds is 3. The lowest BCUT2D eigenvalue weighted by Crippen LogP contribution is -2.43. The molecule has 2 N–H and O–H groups in total. The van der Waals surface area contributed by atoms with E-state index in [1.165, 1.54) is 5.56 Å². The van der Waals surface area contributed by atoms with Gasteiger partial charge in [0.05, 0.1) is 0 Å². The van der Waals surface area contributed by atoms with Gasteiger partial charge in [-0.05, 0) is 55.1 Å².